The smallest absolute Gasteiger partial charge is 0.149 e. The van der Waals surface area contributed by atoms with E-state index in [0.29, 0.717) is 13.1 Å². The van der Waals surface area contributed by atoms with E-state index in [1.165, 1.54) is 6.26 Å². The fourth-order valence-electron chi connectivity index (χ4n) is 1.53. The van der Waals surface area contributed by atoms with Crippen molar-refractivity contribution < 1.29 is 8.42 Å². The first-order chi connectivity index (χ1) is 7.85. The number of nitrogens with two attached hydrogens (primary N) is 1. The van der Waals surface area contributed by atoms with Gasteiger partial charge in [0.15, 0.2) is 0 Å². The van der Waals surface area contributed by atoms with Gasteiger partial charge in [0.2, 0.25) is 0 Å². The third-order valence-corrected chi connectivity index (χ3v) is 4.17. The van der Waals surface area contributed by atoms with Gasteiger partial charge in [-0.15, -0.1) is 0 Å². The van der Waals surface area contributed by atoms with Crippen molar-refractivity contribution in [1.29, 1.82) is 0 Å². The topological polar surface area (TPSA) is 63.4 Å². The van der Waals surface area contributed by atoms with Crippen LogP contribution in [0.25, 0.3) is 0 Å². The maximum atomic E-state index is 11.1. The molecule has 0 saturated carbocycles. The lowest BCUT2D eigenvalue weighted by molar-refractivity contribution is 0.601. The third kappa shape index (κ3) is 4.29. The molecule has 0 heterocycles. The fraction of sp³-hybridized carbons (Fsp3) is 0.455. The number of rotatable bonds is 5. The van der Waals surface area contributed by atoms with Crippen LogP contribution in [0.1, 0.15) is 5.56 Å². The van der Waals surface area contributed by atoms with Crippen molar-refractivity contribution in [2.45, 2.75) is 6.54 Å². The second-order valence-electron chi connectivity index (χ2n) is 3.99. The van der Waals surface area contributed by atoms with Crippen LogP contribution in [0.2, 0.25) is 0 Å². The molecule has 0 amide bonds. The average molecular weight is 321 g/mol. The summed E-state index contributed by atoms with van der Waals surface area (Å²) in [7, 11) is -1.07. The van der Waals surface area contributed by atoms with Crippen molar-refractivity contribution in [3.05, 3.63) is 28.2 Å². The van der Waals surface area contributed by atoms with E-state index < -0.39 is 9.84 Å². The number of hydrogen-bond donors (Lipinski definition) is 1. The molecular weight excluding hydrogens is 304 g/mol. The summed E-state index contributed by atoms with van der Waals surface area (Å²) in [4.78, 5) is 1.91. The summed E-state index contributed by atoms with van der Waals surface area (Å²) in [6.45, 7) is 0.877. The zero-order chi connectivity index (χ0) is 13.1. The van der Waals surface area contributed by atoms with Gasteiger partial charge in [-0.25, -0.2) is 8.42 Å². The van der Waals surface area contributed by atoms with Crippen LogP contribution in [0.3, 0.4) is 0 Å². The first kappa shape index (κ1) is 14.5. The predicted octanol–water partition coefficient (Wildman–Crippen LogP) is 1.39. The predicted molar refractivity (Wildman–Crippen MR) is 75.0 cm³/mol. The van der Waals surface area contributed by atoms with Crippen molar-refractivity contribution in [2.75, 3.05) is 30.5 Å². The molecule has 0 saturated heterocycles. The highest BCUT2D eigenvalue weighted by Crippen LogP contribution is 2.26. The molecule has 0 bridgehead atoms. The van der Waals surface area contributed by atoms with E-state index in [-0.39, 0.29) is 5.75 Å². The van der Waals surface area contributed by atoms with E-state index >= 15 is 0 Å². The molecule has 1 aromatic rings. The molecule has 17 heavy (non-hydrogen) atoms. The van der Waals surface area contributed by atoms with Crippen LogP contribution in [0.4, 0.5) is 5.69 Å². The van der Waals surface area contributed by atoms with Crippen molar-refractivity contribution in [1.82, 2.24) is 0 Å². The molecule has 0 aliphatic heterocycles. The van der Waals surface area contributed by atoms with Crippen LogP contribution in [0, 0.1) is 0 Å². The van der Waals surface area contributed by atoms with E-state index in [1.807, 2.05) is 30.1 Å². The van der Waals surface area contributed by atoms with Crippen LogP contribution in [-0.4, -0.2) is 34.0 Å². The van der Waals surface area contributed by atoms with Crippen LogP contribution >= 0.6 is 15.9 Å². The van der Waals surface area contributed by atoms with Gasteiger partial charge in [0.1, 0.15) is 9.84 Å². The van der Waals surface area contributed by atoms with Crippen LogP contribution in [-0.2, 0) is 16.4 Å². The molecule has 0 atom stereocenters. The van der Waals surface area contributed by atoms with Crippen LogP contribution in [0.5, 0.6) is 0 Å². The molecule has 0 aliphatic rings. The van der Waals surface area contributed by atoms with Gasteiger partial charge in [-0.1, -0.05) is 22.0 Å². The molecule has 0 aliphatic carbocycles. The number of sulfone groups is 1. The highest BCUT2D eigenvalue weighted by molar-refractivity contribution is 9.10. The zero-order valence-corrected chi connectivity index (χ0v) is 12.4. The van der Waals surface area contributed by atoms with E-state index in [1.54, 1.807) is 0 Å². The van der Waals surface area contributed by atoms with Gasteiger partial charge < -0.3 is 10.6 Å². The summed E-state index contributed by atoms with van der Waals surface area (Å²) in [5, 5.41) is 0. The van der Waals surface area contributed by atoms with E-state index in [4.69, 9.17) is 5.73 Å². The molecule has 4 nitrogen and oxygen atoms in total. The summed E-state index contributed by atoms with van der Waals surface area (Å²) >= 11 is 3.44. The molecule has 6 heteroatoms. The molecule has 96 valence electrons. The summed E-state index contributed by atoms with van der Waals surface area (Å²) < 4.78 is 23.2. The Morgan fingerprint density at radius 1 is 1.41 bits per heavy atom. The average Bonchev–Trinajstić information content (AvgIpc) is 2.24. The van der Waals surface area contributed by atoms with E-state index in [9.17, 15) is 8.42 Å². The fourth-order valence-corrected chi connectivity index (χ4v) is 2.65. The number of nitrogens with zero attached hydrogens (tertiary/aromatic N) is 1. The van der Waals surface area contributed by atoms with Crippen molar-refractivity contribution in [3.8, 4) is 0 Å². The van der Waals surface area contributed by atoms with Gasteiger partial charge >= 0.3 is 0 Å². The quantitative estimate of drug-likeness (QED) is 0.890. The largest absolute Gasteiger partial charge is 0.373 e. The minimum absolute atomic E-state index is 0.139. The summed E-state index contributed by atoms with van der Waals surface area (Å²) in [6, 6.07) is 5.78. The minimum Gasteiger partial charge on any atom is -0.373 e. The van der Waals surface area contributed by atoms with Gasteiger partial charge in [0.25, 0.3) is 0 Å². The van der Waals surface area contributed by atoms with Gasteiger partial charge in [-0.2, -0.15) is 0 Å². The van der Waals surface area contributed by atoms with Crippen molar-refractivity contribution in [3.63, 3.8) is 0 Å². The van der Waals surface area contributed by atoms with Gasteiger partial charge in [-0.3, -0.25) is 0 Å². The molecule has 0 fully saturated rings. The number of hydrogen-bond acceptors (Lipinski definition) is 4. The molecule has 0 radical (unpaired) electrons. The lowest BCUT2D eigenvalue weighted by Gasteiger charge is -2.22. The highest BCUT2D eigenvalue weighted by Gasteiger charge is 2.11. The second-order valence-corrected chi connectivity index (χ2v) is 7.11. The van der Waals surface area contributed by atoms with Crippen LogP contribution < -0.4 is 10.6 Å². The monoisotopic (exact) mass is 320 g/mol. The minimum atomic E-state index is -2.94. The molecule has 1 rings (SSSR count). The second kappa shape index (κ2) is 5.84. The maximum Gasteiger partial charge on any atom is 0.149 e. The third-order valence-electron chi connectivity index (χ3n) is 2.51. The van der Waals surface area contributed by atoms with Gasteiger partial charge in [0, 0.05) is 42.1 Å². The first-order valence-corrected chi connectivity index (χ1v) is 8.07. The molecule has 2 N–H and O–H groups in total. The Morgan fingerprint density at radius 3 is 2.59 bits per heavy atom. The normalized spacial score (nSPS) is 11.5. The van der Waals surface area contributed by atoms with Gasteiger partial charge in [-0.05, 0) is 12.1 Å². The Kier molecular flexibility index (Phi) is 4.97. The summed E-state index contributed by atoms with van der Waals surface area (Å²) in [5.74, 6) is 0.139. The number of benzene rings is 1. The van der Waals surface area contributed by atoms with Crippen LogP contribution in [0.15, 0.2) is 22.7 Å². The Balaban J connectivity index is 2.89. The summed E-state index contributed by atoms with van der Waals surface area (Å²) in [6.07, 6.45) is 1.24. The Hall–Kier alpha value is -0.590. The number of halogens is 1. The lowest BCUT2D eigenvalue weighted by atomic mass is 10.1. The lowest BCUT2D eigenvalue weighted by Crippen LogP contribution is -2.26. The molecule has 1 aromatic carbocycles. The first-order valence-electron chi connectivity index (χ1n) is 5.21. The Morgan fingerprint density at radius 2 is 2.06 bits per heavy atom. The molecule has 0 aromatic heterocycles. The zero-order valence-electron chi connectivity index (χ0n) is 9.98. The van der Waals surface area contributed by atoms with Gasteiger partial charge in [0.05, 0.1) is 5.75 Å². The Labute approximate surface area is 111 Å². The highest BCUT2D eigenvalue weighted by atomic mass is 79.9. The molecule has 0 spiro atoms. The molecule has 0 unspecified atom stereocenters. The summed E-state index contributed by atoms with van der Waals surface area (Å²) in [5.41, 5.74) is 7.65. The van der Waals surface area contributed by atoms with Crippen molar-refractivity contribution in [2.24, 2.45) is 5.73 Å². The molecular formula is C11H17BrN2O2S. The maximum absolute atomic E-state index is 11.1. The Bertz CT molecular complexity index is 488. The van der Waals surface area contributed by atoms with Crippen molar-refractivity contribution >= 4 is 31.5 Å². The van der Waals surface area contributed by atoms with E-state index in [0.717, 1.165) is 15.7 Å². The standard InChI is InChI=1S/C11H17BrN2O2S/c1-14(6-7-17(2,15)16)11-5-3-4-10(12)9(11)8-13/h3-5H,6-8,13H2,1-2H3. The number of anilines is 1. The van der Waals surface area contributed by atoms with E-state index in [2.05, 4.69) is 15.9 Å². The SMILES string of the molecule is CN(CCS(C)(=O)=O)c1cccc(Br)c1CN.